The molecule has 0 spiro atoms. The first kappa shape index (κ1) is 16.9. The number of anilines is 1. The van der Waals surface area contributed by atoms with E-state index in [0.717, 1.165) is 10.8 Å². The average Bonchev–Trinajstić information content (AvgIpc) is 3.12. The summed E-state index contributed by atoms with van der Waals surface area (Å²) in [6.07, 6.45) is 1.60. The highest BCUT2D eigenvalue weighted by Crippen LogP contribution is 2.20. The van der Waals surface area contributed by atoms with Crippen LogP contribution in [0.15, 0.2) is 54.0 Å². The predicted molar refractivity (Wildman–Crippen MR) is 96.3 cm³/mol. The Labute approximate surface area is 148 Å². The Bertz CT molecular complexity index is 867. The van der Waals surface area contributed by atoms with E-state index in [1.165, 1.54) is 11.3 Å². The number of fused-ring (bicyclic) bond motifs is 1. The van der Waals surface area contributed by atoms with Crippen molar-refractivity contribution in [3.63, 3.8) is 0 Å². The molecule has 7 nitrogen and oxygen atoms in total. The number of hydrazine groups is 1. The number of hydrogen-bond donors (Lipinski definition) is 3. The van der Waals surface area contributed by atoms with Crippen LogP contribution in [0.3, 0.4) is 0 Å². The van der Waals surface area contributed by atoms with E-state index >= 15 is 0 Å². The van der Waals surface area contributed by atoms with Gasteiger partial charge in [-0.25, -0.2) is 10.4 Å². The molecule has 0 bridgehead atoms. The smallest absolute Gasteiger partial charge is 0.271 e. The van der Waals surface area contributed by atoms with E-state index in [-0.39, 0.29) is 25.0 Å². The minimum atomic E-state index is -0.379. The van der Waals surface area contributed by atoms with E-state index in [9.17, 15) is 9.59 Å². The molecule has 128 valence electrons. The SMILES string of the molecule is O=C(COc1ccc2ccccc2c1)NNCC(=O)Nc1nccs1. The number of ether oxygens (including phenoxy) is 1. The van der Waals surface area contributed by atoms with E-state index in [4.69, 9.17) is 4.74 Å². The van der Waals surface area contributed by atoms with E-state index in [0.29, 0.717) is 10.9 Å². The lowest BCUT2D eigenvalue weighted by Crippen LogP contribution is -2.44. The lowest BCUT2D eigenvalue weighted by molar-refractivity contribution is -0.124. The Kier molecular flexibility index (Phi) is 5.55. The Morgan fingerprint density at radius 2 is 1.92 bits per heavy atom. The molecule has 2 aromatic carbocycles. The Balaban J connectivity index is 1.39. The van der Waals surface area contributed by atoms with Crippen LogP contribution in [0.5, 0.6) is 5.75 Å². The second kappa shape index (κ2) is 8.22. The molecule has 0 saturated carbocycles. The van der Waals surface area contributed by atoms with Gasteiger partial charge in [-0.1, -0.05) is 30.3 Å². The second-order valence-electron chi connectivity index (χ2n) is 5.08. The maximum absolute atomic E-state index is 11.7. The van der Waals surface area contributed by atoms with Crippen molar-refractivity contribution in [2.45, 2.75) is 0 Å². The molecule has 0 aliphatic heterocycles. The molecule has 25 heavy (non-hydrogen) atoms. The van der Waals surface area contributed by atoms with Gasteiger partial charge in [0.15, 0.2) is 11.7 Å². The van der Waals surface area contributed by atoms with Gasteiger partial charge in [0.25, 0.3) is 5.91 Å². The molecular formula is C17H16N4O3S. The number of amides is 2. The predicted octanol–water partition coefficient (Wildman–Crippen LogP) is 1.93. The Morgan fingerprint density at radius 3 is 2.72 bits per heavy atom. The summed E-state index contributed by atoms with van der Waals surface area (Å²) in [5.74, 6) is -0.0729. The van der Waals surface area contributed by atoms with Crippen molar-refractivity contribution in [3.05, 3.63) is 54.0 Å². The fourth-order valence-corrected chi connectivity index (χ4v) is 2.66. The van der Waals surface area contributed by atoms with Gasteiger partial charge in [-0.15, -0.1) is 11.3 Å². The minimum Gasteiger partial charge on any atom is -0.484 e. The number of nitrogens with zero attached hydrogens (tertiary/aromatic N) is 1. The van der Waals surface area contributed by atoms with E-state index in [1.54, 1.807) is 11.6 Å². The Morgan fingerprint density at radius 1 is 1.08 bits per heavy atom. The minimum absolute atomic E-state index is 0.0682. The molecule has 1 aromatic heterocycles. The third kappa shape index (κ3) is 5.00. The monoisotopic (exact) mass is 356 g/mol. The fraction of sp³-hybridized carbons (Fsp3) is 0.118. The van der Waals surface area contributed by atoms with Crippen molar-refractivity contribution in [3.8, 4) is 5.75 Å². The van der Waals surface area contributed by atoms with Crippen LogP contribution >= 0.6 is 11.3 Å². The van der Waals surface area contributed by atoms with Crippen LogP contribution in [0.4, 0.5) is 5.13 Å². The van der Waals surface area contributed by atoms with Crippen LogP contribution in [0.1, 0.15) is 0 Å². The third-order valence-corrected chi connectivity index (χ3v) is 3.93. The summed E-state index contributed by atoms with van der Waals surface area (Å²) in [7, 11) is 0. The zero-order valence-electron chi connectivity index (χ0n) is 13.2. The molecule has 1 heterocycles. The van der Waals surface area contributed by atoms with E-state index < -0.39 is 0 Å². The lowest BCUT2D eigenvalue weighted by atomic mass is 10.1. The summed E-state index contributed by atoms with van der Waals surface area (Å²) in [6, 6.07) is 13.5. The molecule has 0 atom stereocenters. The first-order chi connectivity index (χ1) is 12.2. The van der Waals surface area contributed by atoms with Gasteiger partial charge in [0, 0.05) is 11.6 Å². The number of hydrogen-bond acceptors (Lipinski definition) is 6. The number of aromatic nitrogens is 1. The molecule has 0 fully saturated rings. The highest BCUT2D eigenvalue weighted by Gasteiger charge is 2.06. The Hall–Kier alpha value is -2.97. The number of thiazole rings is 1. The molecule has 0 saturated heterocycles. The molecule has 3 N–H and O–H groups in total. The van der Waals surface area contributed by atoms with Crippen LogP contribution in [-0.2, 0) is 9.59 Å². The van der Waals surface area contributed by atoms with Gasteiger partial charge in [0.05, 0.1) is 6.54 Å². The van der Waals surface area contributed by atoms with Gasteiger partial charge in [0.2, 0.25) is 5.91 Å². The van der Waals surface area contributed by atoms with Crippen molar-refractivity contribution >= 4 is 39.1 Å². The molecule has 3 aromatic rings. The first-order valence-corrected chi connectivity index (χ1v) is 8.41. The van der Waals surface area contributed by atoms with Crippen LogP contribution in [0.25, 0.3) is 10.8 Å². The molecule has 0 aliphatic carbocycles. The highest BCUT2D eigenvalue weighted by atomic mass is 32.1. The summed E-state index contributed by atoms with van der Waals surface area (Å²) in [5, 5.41) is 7.01. The standard InChI is InChI=1S/C17H16N4O3S/c22-15(20-17-18-7-8-25-17)10-19-21-16(23)11-24-14-6-5-12-3-1-2-4-13(12)9-14/h1-9,19H,10-11H2,(H,21,23)(H,18,20,22). The van der Waals surface area contributed by atoms with Gasteiger partial charge >= 0.3 is 0 Å². The summed E-state index contributed by atoms with van der Waals surface area (Å²) < 4.78 is 5.46. The maximum Gasteiger partial charge on any atom is 0.271 e. The van der Waals surface area contributed by atoms with E-state index in [1.807, 2.05) is 42.5 Å². The van der Waals surface area contributed by atoms with Crippen molar-refractivity contribution in [2.24, 2.45) is 0 Å². The van der Waals surface area contributed by atoms with Gasteiger partial charge in [-0.05, 0) is 22.9 Å². The quantitative estimate of drug-likeness (QED) is 0.563. The number of rotatable bonds is 7. The molecule has 0 unspecified atom stereocenters. The van der Waals surface area contributed by atoms with Gasteiger partial charge in [-0.2, -0.15) is 0 Å². The molecule has 2 amide bonds. The topological polar surface area (TPSA) is 92.4 Å². The van der Waals surface area contributed by atoms with Crippen LogP contribution < -0.4 is 20.9 Å². The molecule has 8 heteroatoms. The fourth-order valence-electron chi connectivity index (χ4n) is 2.11. The van der Waals surface area contributed by atoms with Crippen molar-refractivity contribution < 1.29 is 14.3 Å². The molecule has 0 radical (unpaired) electrons. The van der Waals surface area contributed by atoms with Gasteiger partial charge in [0.1, 0.15) is 5.75 Å². The number of carbonyl (C=O) groups excluding carboxylic acids is 2. The highest BCUT2D eigenvalue weighted by molar-refractivity contribution is 7.13. The van der Waals surface area contributed by atoms with Crippen LogP contribution in [0.2, 0.25) is 0 Å². The molecule has 0 aliphatic rings. The average molecular weight is 356 g/mol. The maximum atomic E-state index is 11.7. The number of nitrogens with one attached hydrogen (secondary N) is 3. The summed E-state index contributed by atoms with van der Waals surface area (Å²) in [6.45, 7) is -0.221. The van der Waals surface area contributed by atoms with Crippen LogP contribution in [0, 0.1) is 0 Å². The van der Waals surface area contributed by atoms with Gasteiger partial charge in [-0.3, -0.25) is 15.0 Å². The number of carbonyl (C=O) groups is 2. The van der Waals surface area contributed by atoms with Crippen molar-refractivity contribution in [2.75, 3.05) is 18.5 Å². The normalized spacial score (nSPS) is 10.4. The van der Waals surface area contributed by atoms with Crippen LogP contribution in [-0.4, -0.2) is 29.9 Å². The first-order valence-electron chi connectivity index (χ1n) is 7.53. The summed E-state index contributed by atoms with van der Waals surface area (Å²) in [5.41, 5.74) is 4.96. The summed E-state index contributed by atoms with van der Waals surface area (Å²) in [4.78, 5) is 27.3. The zero-order chi connectivity index (χ0) is 17.5. The third-order valence-electron chi connectivity index (χ3n) is 3.25. The van der Waals surface area contributed by atoms with Gasteiger partial charge < -0.3 is 10.1 Å². The van der Waals surface area contributed by atoms with E-state index in [2.05, 4.69) is 21.2 Å². The van der Waals surface area contributed by atoms with Crippen molar-refractivity contribution in [1.29, 1.82) is 0 Å². The van der Waals surface area contributed by atoms with Crippen molar-refractivity contribution in [1.82, 2.24) is 15.8 Å². The second-order valence-corrected chi connectivity index (χ2v) is 5.98. The zero-order valence-corrected chi connectivity index (χ0v) is 14.0. The summed E-state index contributed by atoms with van der Waals surface area (Å²) >= 11 is 1.32. The molecule has 3 rings (SSSR count). The lowest BCUT2D eigenvalue weighted by Gasteiger charge is -2.09. The molecular weight excluding hydrogens is 340 g/mol. The number of benzene rings is 2. The largest absolute Gasteiger partial charge is 0.484 e.